The van der Waals surface area contributed by atoms with Gasteiger partial charge in [-0.05, 0) is 36.5 Å². The summed E-state index contributed by atoms with van der Waals surface area (Å²) in [6.45, 7) is 7.04. The van der Waals surface area contributed by atoms with Crippen molar-refractivity contribution in [3.63, 3.8) is 0 Å². The zero-order valence-electron chi connectivity index (χ0n) is 9.22. The third-order valence-electron chi connectivity index (χ3n) is 4.00. The minimum absolute atomic E-state index is 0.799. The van der Waals surface area contributed by atoms with E-state index in [4.69, 9.17) is 11.6 Å². The first-order chi connectivity index (χ1) is 6.22. The molecule has 0 radical (unpaired) electrons. The Hall–Kier alpha value is 0.290. The Morgan fingerprint density at radius 1 is 1.00 bits per heavy atom. The van der Waals surface area contributed by atoms with E-state index in [1.54, 1.807) is 0 Å². The highest BCUT2D eigenvalue weighted by molar-refractivity contribution is 6.18. The molecular weight excluding hydrogens is 180 g/mol. The van der Waals surface area contributed by atoms with Crippen LogP contribution in [0.1, 0.15) is 46.5 Å². The van der Waals surface area contributed by atoms with E-state index < -0.39 is 0 Å². The van der Waals surface area contributed by atoms with Gasteiger partial charge in [0.25, 0.3) is 0 Å². The van der Waals surface area contributed by atoms with Gasteiger partial charge in [0.2, 0.25) is 0 Å². The van der Waals surface area contributed by atoms with Crippen LogP contribution in [0.4, 0.5) is 0 Å². The van der Waals surface area contributed by atoms with Gasteiger partial charge in [0.05, 0.1) is 0 Å². The first-order valence-corrected chi connectivity index (χ1v) is 6.32. The summed E-state index contributed by atoms with van der Waals surface area (Å²) in [5, 5.41) is 0. The molecule has 1 aliphatic carbocycles. The Kier molecular flexibility index (Phi) is 4.58. The van der Waals surface area contributed by atoms with E-state index in [1.807, 2.05) is 0 Å². The van der Waals surface area contributed by atoms with Crippen LogP contribution in [0.5, 0.6) is 0 Å². The second-order valence-corrected chi connectivity index (χ2v) is 5.01. The average molecular weight is 203 g/mol. The van der Waals surface area contributed by atoms with Crippen molar-refractivity contribution in [1.29, 1.82) is 0 Å². The molecule has 1 saturated carbocycles. The summed E-state index contributed by atoms with van der Waals surface area (Å²) in [5.74, 6) is 4.44. The topological polar surface area (TPSA) is 0 Å². The summed E-state index contributed by atoms with van der Waals surface area (Å²) in [5.41, 5.74) is 0. The molecule has 4 unspecified atom stereocenters. The monoisotopic (exact) mass is 202 g/mol. The number of halogens is 1. The summed E-state index contributed by atoms with van der Waals surface area (Å²) in [7, 11) is 0. The summed E-state index contributed by atoms with van der Waals surface area (Å²) in [4.78, 5) is 0. The molecule has 1 heteroatoms. The van der Waals surface area contributed by atoms with Crippen LogP contribution in [-0.2, 0) is 0 Å². The first-order valence-electron chi connectivity index (χ1n) is 5.78. The van der Waals surface area contributed by atoms with Crippen molar-refractivity contribution in [3.05, 3.63) is 0 Å². The van der Waals surface area contributed by atoms with Gasteiger partial charge in [-0.3, -0.25) is 0 Å². The Morgan fingerprint density at radius 3 is 2.08 bits per heavy atom. The lowest BCUT2D eigenvalue weighted by Gasteiger charge is -2.39. The molecule has 4 atom stereocenters. The molecule has 1 fully saturated rings. The molecule has 0 saturated heterocycles. The Balaban J connectivity index is 2.54. The summed E-state index contributed by atoms with van der Waals surface area (Å²) >= 11 is 6.02. The van der Waals surface area contributed by atoms with Gasteiger partial charge in [-0.1, -0.05) is 33.6 Å². The SMILES string of the molecule is CCC1CC(CCl)C(CC)CC1C. The third kappa shape index (κ3) is 2.62. The van der Waals surface area contributed by atoms with Crippen molar-refractivity contribution in [2.45, 2.75) is 46.5 Å². The number of rotatable bonds is 3. The van der Waals surface area contributed by atoms with E-state index in [0.717, 1.165) is 29.6 Å². The number of hydrogen-bond donors (Lipinski definition) is 0. The highest BCUT2D eigenvalue weighted by Crippen LogP contribution is 2.41. The van der Waals surface area contributed by atoms with E-state index in [2.05, 4.69) is 20.8 Å². The van der Waals surface area contributed by atoms with Crippen molar-refractivity contribution in [3.8, 4) is 0 Å². The zero-order valence-corrected chi connectivity index (χ0v) is 9.98. The number of alkyl halides is 1. The molecule has 0 bridgehead atoms. The normalized spacial score (nSPS) is 40.6. The first kappa shape index (κ1) is 11.4. The molecule has 0 spiro atoms. The lowest BCUT2D eigenvalue weighted by molar-refractivity contribution is 0.129. The average Bonchev–Trinajstić information content (AvgIpc) is 2.17. The second-order valence-electron chi connectivity index (χ2n) is 4.70. The van der Waals surface area contributed by atoms with Crippen LogP contribution in [-0.4, -0.2) is 5.88 Å². The van der Waals surface area contributed by atoms with Crippen molar-refractivity contribution < 1.29 is 0 Å². The van der Waals surface area contributed by atoms with E-state index in [1.165, 1.54) is 25.7 Å². The highest BCUT2D eigenvalue weighted by Gasteiger charge is 2.32. The summed E-state index contributed by atoms with van der Waals surface area (Å²) in [6.07, 6.45) is 5.44. The van der Waals surface area contributed by atoms with Gasteiger partial charge in [-0.2, -0.15) is 0 Å². The molecule has 13 heavy (non-hydrogen) atoms. The standard InChI is InChI=1S/C12H23Cl/c1-4-10-7-12(8-13)11(5-2)6-9(10)3/h9-12H,4-8H2,1-3H3. The van der Waals surface area contributed by atoms with E-state index in [0.29, 0.717) is 0 Å². The highest BCUT2D eigenvalue weighted by atomic mass is 35.5. The van der Waals surface area contributed by atoms with E-state index >= 15 is 0 Å². The van der Waals surface area contributed by atoms with Gasteiger partial charge in [-0.25, -0.2) is 0 Å². The molecule has 1 aliphatic rings. The Morgan fingerprint density at radius 2 is 1.62 bits per heavy atom. The van der Waals surface area contributed by atoms with Gasteiger partial charge in [0.15, 0.2) is 0 Å². The van der Waals surface area contributed by atoms with Crippen LogP contribution < -0.4 is 0 Å². The zero-order chi connectivity index (χ0) is 9.84. The number of hydrogen-bond acceptors (Lipinski definition) is 0. The molecule has 78 valence electrons. The molecule has 0 nitrogen and oxygen atoms in total. The largest absolute Gasteiger partial charge is 0.126 e. The molecule has 0 heterocycles. The van der Waals surface area contributed by atoms with Crippen LogP contribution >= 0.6 is 11.6 Å². The van der Waals surface area contributed by atoms with Crippen LogP contribution in [0.25, 0.3) is 0 Å². The van der Waals surface area contributed by atoms with Gasteiger partial charge in [-0.15, -0.1) is 11.6 Å². The fraction of sp³-hybridized carbons (Fsp3) is 1.00. The van der Waals surface area contributed by atoms with Crippen molar-refractivity contribution in [1.82, 2.24) is 0 Å². The lowest BCUT2D eigenvalue weighted by atomic mass is 9.68. The Bertz CT molecular complexity index is 144. The molecule has 0 aliphatic heterocycles. The van der Waals surface area contributed by atoms with Crippen LogP contribution in [0.15, 0.2) is 0 Å². The van der Waals surface area contributed by atoms with Crippen LogP contribution in [0.2, 0.25) is 0 Å². The van der Waals surface area contributed by atoms with Gasteiger partial charge in [0, 0.05) is 5.88 Å². The quantitative estimate of drug-likeness (QED) is 0.598. The molecule has 0 aromatic heterocycles. The third-order valence-corrected chi connectivity index (χ3v) is 4.39. The maximum Gasteiger partial charge on any atom is 0.0254 e. The van der Waals surface area contributed by atoms with Crippen molar-refractivity contribution in [2.75, 3.05) is 5.88 Å². The Labute approximate surface area is 88.1 Å². The van der Waals surface area contributed by atoms with Gasteiger partial charge in [0.1, 0.15) is 0 Å². The predicted octanol–water partition coefficient (Wildman–Crippen LogP) is 4.32. The maximum atomic E-state index is 6.02. The minimum Gasteiger partial charge on any atom is -0.126 e. The lowest BCUT2D eigenvalue weighted by Crippen LogP contribution is -2.31. The van der Waals surface area contributed by atoms with Gasteiger partial charge >= 0.3 is 0 Å². The fourth-order valence-electron chi connectivity index (χ4n) is 2.93. The summed E-state index contributed by atoms with van der Waals surface area (Å²) < 4.78 is 0. The van der Waals surface area contributed by atoms with E-state index in [-0.39, 0.29) is 0 Å². The van der Waals surface area contributed by atoms with Gasteiger partial charge < -0.3 is 0 Å². The maximum absolute atomic E-state index is 6.02. The smallest absolute Gasteiger partial charge is 0.0254 e. The minimum atomic E-state index is 0.799. The second kappa shape index (κ2) is 5.24. The summed E-state index contributed by atoms with van der Waals surface area (Å²) in [6, 6.07) is 0. The molecule has 0 aromatic rings. The van der Waals surface area contributed by atoms with Crippen molar-refractivity contribution in [2.24, 2.45) is 23.7 Å². The molecule has 0 N–H and O–H groups in total. The predicted molar refractivity (Wildman–Crippen MR) is 60.2 cm³/mol. The molecular formula is C12H23Cl. The van der Waals surface area contributed by atoms with Crippen LogP contribution in [0, 0.1) is 23.7 Å². The van der Waals surface area contributed by atoms with Crippen LogP contribution in [0.3, 0.4) is 0 Å². The van der Waals surface area contributed by atoms with E-state index in [9.17, 15) is 0 Å². The fourth-order valence-corrected chi connectivity index (χ4v) is 3.31. The van der Waals surface area contributed by atoms with Crippen molar-refractivity contribution >= 4 is 11.6 Å². The molecule has 0 amide bonds. The molecule has 1 rings (SSSR count). The molecule has 0 aromatic carbocycles.